The van der Waals surface area contributed by atoms with E-state index in [0.29, 0.717) is 5.02 Å². The number of nitrogens with one attached hydrogen (secondary N) is 1. The molecule has 3 rings (SSSR count). The van der Waals surface area contributed by atoms with Crippen molar-refractivity contribution in [1.29, 1.82) is 0 Å². The van der Waals surface area contributed by atoms with Gasteiger partial charge in [-0.05, 0) is 36.6 Å². The Bertz CT molecular complexity index is 715. The Labute approximate surface area is 117 Å². The number of halogens is 1. The van der Waals surface area contributed by atoms with E-state index in [-0.39, 0.29) is 0 Å². The second-order valence-corrected chi connectivity index (χ2v) is 5.45. The predicted molar refractivity (Wildman–Crippen MR) is 81.8 cm³/mol. The van der Waals surface area contributed by atoms with Gasteiger partial charge in [-0.2, -0.15) is 0 Å². The smallest absolute Gasteiger partial charge is 0.138 e. The Morgan fingerprint density at radius 2 is 2.05 bits per heavy atom. The summed E-state index contributed by atoms with van der Waals surface area (Å²) in [6, 6.07) is 8.60. The monoisotopic (exact) mass is 272 g/mol. The van der Waals surface area contributed by atoms with Crippen molar-refractivity contribution in [3.63, 3.8) is 0 Å². The number of aromatic nitrogens is 2. The minimum absolute atomic E-state index is 0.685. The molecule has 0 saturated carbocycles. The molecule has 2 aromatic heterocycles. The zero-order chi connectivity index (χ0) is 13.2. The molecule has 0 spiro atoms. The molecule has 0 aliphatic rings. The molecule has 0 saturated heterocycles. The summed E-state index contributed by atoms with van der Waals surface area (Å²) in [6.07, 6.45) is 6.63. The van der Waals surface area contributed by atoms with Crippen LogP contribution in [0.25, 0.3) is 21.9 Å². The molecule has 98 valence electrons. The fraction of sp³-hybridized carbons (Fsp3) is 0.312. The summed E-state index contributed by atoms with van der Waals surface area (Å²) in [4.78, 5) is 7.67. The van der Waals surface area contributed by atoms with Gasteiger partial charge in [0.25, 0.3) is 0 Å². The quantitative estimate of drug-likeness (QED) is 0.658. The van der Waals surface area contributed by atoms with Gasteiger partial charge in [0.05, 0.1) is 5.02 Å². The first-order chi connectivity index (χ1) is 9.28. The molecule has 0 aliphatic heterocycles. The first kappa shape index (κ1) is 12.5. The number of H-pyrrole nitrogens is 1. The zero-order valence-electron chi connectivity index (χ0n) is 11.0. The maximum atomic E-state index is 6.04. The van der Waals surface area contributed by atoms with Crippen LogP contribution in [0.15, 0.2) is 30.5 Å². The second kappa shape index (κ2) is 5.22. The fourth-order valence-corrected chi connectivity index (χ4v) is 2.69. The molecular formula is C16H17ClN2. The Balaban J connectivity index is 2.05. The van der Waals surface area contributed by atoms with Crippen molar-refractivity contribution >= 4 is 33.5 Å². The van der Waals surface area contributed by atoms with Crippen molar-refractivity contribution in [2.24, 2.45) is 0 Å². The minimum Gasteiger partial charge on any atom is -0.339 e. The molecular weight excluding hydrogens is 256 g/mol. The number of hydrogen-bond donors (Lipinski definition) is 1. The summed E-state index contributed by atoms with van der Waals surface area (Å²) in [5, 5.41) is 3.02. The molecule has 2 nitrogen and oxygen atoms in total. The van der Waals surface area contributed by atoms with E-state index in [4.69, 9.17) is 11.6 Å². The molecule has 3 aromatic rings. The van der Waals surface area contributed by atoms with Crippen LogP contribution in [0.1, 0.15) is 31.7 Å². The van der Waals surface area contributed by atoms with Gasteiger partial charge in [0.15, 0.2) is 0 Å². The highest BCUT2D eigenvalue weighted by atomic mass is 35.5. The minimum atomic E-state index is 0.685. The van der Waals surface area contributed by atoms with Crippen LogP contribution in [0.2, 0.25) is 5.02 Å². The zero-order valence-corrected chi connectivity index (χ0v) is 11.8. The van der Waals surface area contributed by atoms with Gasteiger partial charge in [-0.3, -0.25) is 0 Å². The summed E-state index contributed by atoms with van der Waals surface area (Å²) < 4.78 is 0. The van der Waals surface area contributed by atoms with Gasteiger partial charge in [-0.15, -0.1) is 0 Å². The number of hydrogen-bond acceptors (Lipinski definition) is 1. The van der Waals surface area contributed by atoms with Crippen LogP contribution in [0.5, 0.6) is 0 Å². The molecule has 0 aliphatic carbocycles. The Kier molecular flexibility index (Phi) is 3.43. The number of rotatable bonds is 4. The number of nitrogens with zero attached hydrogens (tertiary/aromatic N) is 1. The highest BCUT2D eigenvalue weighted by Gasteiger charge is 2.06. The largest absolute Gasteiger partial charge is 0.339 e. The molecule has 0 fully saturated rings. The normalized spacial score (nSPS) is 11.5. The second-order valence-electron chi connectivity index (χ2n) is 5.01. The topological polar surface area (TPSA) is 28.7 Å². The fourth-order valence-electron chi connectivity index (χ4n) is 2.53. The molecule has 0 amide bonds. The van der Waals surface area contributed by atoms with Crippen molar-refractivity contribution in [3.05, 3.63) is 41.0 Å². The van der Waals surface area contributed by atoms with Crippen molar-refractivity contribution in [2.75, 3.05) is 0 Å². The molecule has 3 heteroatoms. The van der Waals surface area contributed by atoms with E-state index in [1.807, 2.05) is 6.07 Å². The standard InChI is InChI=1S/C16H17ClN2/c1-2-3-4-5-11-6-7-15-13(8-11)14-9-12(17)10-18-16(14)19-15/h6-10H,2-5H2,1H3,(H,18,19). The van der Waals surface area contributed by atoms with Gasteiger partial charge in [0.2, 0.25) is 0 Å². The lowest BCUT2D eigenvalue weighted by Crippen LogP contribution is -1.84. The van der Waals surface area contributed by atoms with E-state index in [1.165, 1.54) is 30.2 Å². The lowest BCUT2D eigenvalue weighted by atomic mass is 10.0. The lowest BCUT2D eigenvalue weighted by molar-refractivity contribution is 0.718. The van der Waals surface area contributed by atoms with Gasteiger partial charge < -0.3 is 4.98 Å². The Hall–Kier alpha value is -1.54. The SMILES string of the molecule is CCCCCc1ccc2[nH]c3ncc(Cl)cc3c2c1. The van der Waals surface area contributed by atoms with Crippen molar-refractivity contribution < 1.29 is 0 Å². The molecule has 0 radical (unpaired) electrons. The molecule has 2 heterocycles. The van der Waals surface area contributed by atoms with Crippen molar-refractivity contribution in [2.45, 2.75) is 32.6 Å². The predicted octanol–water partition coefficient (Wildman–Crippen LogP) is 5.10. The average Bonchev–Trinajstić information content (AvgIpc) is 2.77. The third-order valence-electron chi connectivity index (χ3n) is 3.55. The van der Waals surface area contributed by atoms with Crippen LogP contribution < -0.4 is 0 Å². The first-order valence-corrected chi connectivity index (χ1v) is 7.21. The molecule has 19 heavy (non-hydrogen) atoms. The van der Waals surface area contributed by atoms with Gasteiger partial charge in [-0.25, -0.2) is 4.98 Å². The Morgan fingerprint density at radius 3 is 2.89 bits per heavy atom. The summed E-state index contributed by atoms with van der Waals surface area (Å²) in [6.45, 7) is 2.23. The first-order valence-electron chi connectivity index (χ1n) is 6.84. The van der Waals surface area contributed by atoms with Gasteiger partial charge in [0.1, 0.15) is 5.65 Å². The van der Waals surface area contributed by atoms with Crippen LogP contribution in [0.4, 0.5) is 0 Å². The Morgan fingerprint density at radius 1 is 1.16 bits per heavy atom. The maximum absolute atomic E-state index is 6.04. The van der Waals surface area contributed by atoms with Crippen LogP contribution >= 0.6 is 11.6 Å². The number of benzene rings is 1. The van der Waals surface area contributed by atoms with Crippen LogP contribution in [-0.4, -0.2) is 9.97 Å². The van der Waals surface area contributed by atoms with Crippen molar-refractivity contribution in [1.82, 2.24) is 9.97 Å². The number of aryl methyl sites for hydroxylation is 1. The molecule has 1 aromatic carbocycles. The molecule has 0 bridgehead atoms. The maximum Gasteiger partial charge on any atom is 0.138 e. The molecule has 1 N–H and O–H groups in total. The molecule has 0 atom stereocenters. The van der Waals surface area contributed by atoms with E-state index < -0.39 is 0 Å². The summed E-state index contributed by atoms with van der Waals surface area (Å²) in [5.74, 6) is 0. The third kappa shape index (κ3) is 2.45. The lowest BCUT2D eigenvalue weighted by Gasteiger charge is -2.01. The van der Waals surface area contributed by atoms with E-state index in [0.717, 1.165) is 23.0 Å². The molecule has 0 unspecified atom stereocenters. The average molecular weight is 273 g/mol. The summed E-state index contributed by atoms with van der Waals surface area (Å²) >= 11 is 6.04. The van der Waals surface area contributed by atoms with E-state index in [9.17, 15) is 0 Å². The highest BCUT2D eigenvalue weighted by Crippen LogP contribution is 2.27. The van der Waals surface area contributed by atoms with Gasteiger partial charge in [-0.1, -0.05) is 37.4 Å². The number of fused-ring (bicyclic) bond motifs is 3. The van der Waals surface area contributed by atoms with Crippen LogP contribution in [0, 0.1) is 0 Å². The van der Waals surface area contributed by atoms with E-state index >= 15 is 0 Å². The van der Waals surface area contributed by atoms with Gasteiger partial charge >= 0.3 is 0 Å². The highest BCUT2D eigenvalue weighted by molar-refractivity contribution is 6.31. The number of aromatic amines is 1. The van der Waals surface area contributed by atoms with Crippen LogP contribution in [-0.2, 0) is 6.42 Å². The van der Waals surface area contributed by atoms with Crippen molar-refractivity contribution in [3.8, 4) is 0 Å². The van der Waals surface area contributed by atoms with E-state index in [1.54, 1.807) is 6.20 Å². The van der Waals surface area contributed by atoms with Gasteiger partial charge in [0, 0.05) is 22.5 Å². The van der Waals surface area contributed by atoms with Crippen LogP contribution in [0.3, 0.4) is 0 Å². The van der Waals surface area contributed by atoms with E-state index in [2.05, 4.69) is 35.1 Å². The number of pyridine rings is 1. The third-order valence-corrected chi connectivity index (χ3v) is 3.76. The number of unbranched alkanes of at least 4 members (excludes halogenated alkanes) is 2. The summed E-state index contributed by atoms with van der Waals surface area (Å²) in [5.41, 5.74) is 3.43. The summed E-state index contributed by atoms with van der Waals surface area (Å²) in [7, 11) is 0.